The van der Waals surface area contributed by atoms with Crippen molar-refractivity contribution in [1.82, 2.24) is 10.3 Å². The van der Waals surface area contributed by atoms with Crippen molar-refractivity contribution in [1.29, 1.82) is 0 Å². The first-order valence-corrected chi connectivity index (χ1v) is 6.41. The number of aromatic nitrogens is 1. The molecule has 0 amide bonds. The third kappa shape index (κ3) is 5.28. The van der Waals surface area contributed by atoms with Crippen molar-refractivity contribution in [2.45, 2.75) is 38.1 Å². The van der Waals surface area contributed by atoms with E-state index in [4.69, 9.17) is 0 Å². The van der Waals surface area contributed by atoms with E-state index in [2.05, 4.69) is 45.3 Å². The Bertz CT molecular complexity index is 289. The van der Waals surface area contributed by atoms with Gasteiger partial charge in [0.1, 0.15) is 0 Å². The second kappa shape index (κ2) is 6.96. The zero-order chi connectivity index (χ0) is 11.1. The summed E-state index contributed by atoms with van der Waals surface area (Å²) in [6.07, 6.45) is 2.35. The van der Waals surface area contributed by atoms with Gasteiger partial charge in [-0.1, -0.05) is 28.9 Å². The minimum absolute atomic E-state index is 0.635. The highest BCUT2D eigenvalue weighted by Crippen LogP contribution is 2.07. The van der Waals surface area contributed by atoms with E-state index in [-0.39, 0.29) is 0 Å². The number of hydrogen-bond donors (Lipinski definition) is 1. The largest absolute Gasteiger partial charge is 0.311 e. The SMILES string of the molecule is CCC(Br)CCNCc1cccc(C)n1. The van der Waals surface area contributed by atoms with Gasteiger partial charge in [-0.05, 0) is 38.4 Å². The molecule has 3 heteroatoms. The van der Waals surface area contributed by atoms with Gasteiger partial charge in [0, 0.05) is 17.1 Å². The molecular weight excluding hydrogens is 252 g/mol. The summed E-state index contributed by atoms with van der Waals surface area (Å²) < 4.78 is 0. The van der Waals surface area contributed by atoms with E-state index in [9.17, 15) is 0 Å². The first-order chi connectivity index (χ1) is 7.22. The first kappa shape index (κ1) is 12.7. The van der Waals surface area contributed by atoms with E-state index < -0.39 is 0 Å². The lowest BCUT2D eigenvalue weighted by Gasteiger charge is -2.08. The van der Waals surface area contributed by atoms with Gasteiger partial charge in [-0.25, -0.2) is 0 Å². The van der Waals surface area contributed by atoms with Gasteiger partial charge >= 0.3 is 0 Å². The monoisotopic (exact) mass is 270 g/mol. The molecule has 1 heterocycles. The average Bonchev–Trinajstić information content (AvgIpc) is 2.24. The summed E-state index contributed by atoms with van der Waals surface area (Å²) in [5.74, 6) is 0. The van der Waals surface area contributed by atoms with Crippen molar-refractivity contribution >= 4 is 15.9 Å². The summed E-state index contributed by atoms with van der Waals surface area (Å²) in [7, 11) is 0. The third-order valence-corrected chi connectivity index (χ3v) is 3.43. The van der Waals surface area contributed by atoms with Crippen LogP contribution in [0.15, 0.2) is 18.2 Å². The number of aryl methyl sites for hydroxylation is 1. The Kier molecular flexibility index (Phi) is 5.88. The predicted octanol–water partition coefficient (Wildman–Crippen LogP) is 3.04. The van der Waals surface area contributed by atoms with Gasteiger partial charge in [0.05, 0.1) is 5.69 Å². The Morgan fingerprint density at radius 1 is 1.47 bits per heavy atom. The third-order valence-electron chi connectivity index (χ3n) is 2.33. The molecule has 1 atom stereocenters. The lowest BCUT2D eigenvalue weighted by Crippen LogP contribution is -2.18. The van der Waals surface area contributed by atoms with Crippen molar-refractivity contribution in [3.8, 4) is 0 Å². The van der Waals surface area contributed by atoms with Gasteiger partial charge in [0.15, 0.2) is 0 Å². The molecule has 0 aromatic carbocycles. The number of halogens is 1. The molecule has 0 aliphatic rings. The Hall–Kier alpha value is -0.410. The number of rotatable bonds is 6. The van der Waals surface area contributed by atoms with Crippen LogP contribution < -0.4 is 5.32 Å². The van der Waals surface area contributed by atoms with E-state index in [1.807, 2.05) is 13.0 Å². The molecule has 0 aliphatic carbocycles. The Morgan fingerprint density at radius 2 is 2.27 bits per heavy atom. The highest BCUT2D eigenvalue weighted by atomic mass is 79.9. The highest BCUT2D eigenvalue weighted by molar-refractivity contribution is 9.09. The number of nitrogens with zero attached hydrogens (tertiary/aromatic N) is 1. The van der Waals surface area contributed by atoms with Crippen LogP contribution in [0.3, 0.4) is 0 Å². The summed E-state index contributed by atoms with van der Waals surface area (Å²) in [5.41, 5.74) is 2.21. The van der Waals surface area contributed by atoms with Crippen molar-refractivity contribution < 1.29 is 0 Å². The molecule has 1 unspecified atom stereocenters. The van der Waals surface area contributed by atoms with Crippen molar-refractivity contribution in [2.75, 3.05) is 6.54 Å². The van der Waals surface area contributed by atoms with Gasteiger partial charge in [-0.3, -0.25) is 4.98 Å². The van der Waals surface area contributed by atoms with Crippen molar-refractivity contribution in [3.05, 3.63) is 29.6 Å². The summed E-state index contributed by atoms with van der Waals surface area (Å²) in [5, 5.41) is 3.40. The second-order valence-electron chi connectivity index (χ2n) is 3.74. The highest BCUT2D eigenvalue weighted by Gasteiger charge is 2.00. The lowest BCUT2D eigenvalue weighted by molar-refractivity contribution is 0.622. The molecule has 0 bridgehead atoms. The zero-order valence-corrected chi connectivity index (χ0v) is 11.0. The molecule has 0 spiro atoms. The summed E-state index contributed by atoms with van der Waals surface area (Å²) in [4.78, 5) is 5.07. The smallest absolute Gasteiger partial charge is 0.0544 e. The van der Waals surface area contributed by atoms with Gasteiger partial charge in [-0.2, -0.15) is 0 Å². The minimum atomic E-state index is 0.635. The molecule has 1 aromatic rings. The normalized spacial score (nSPS) is 12.7. The number of hydrogen-bond acceptors (Lipinski definition) is 2. The number of pyridine rings is 1. The minimum Gasteiger partial charge on any atom is -0.311 e. The standard InChI is InChI=1S/C12H19BrN2/c1-3-11(13)7-8-14-9-12-6-4-5-10(2)15-12/h4-6,11,14H,3,7-9H2,1-2H3. The van der Waals surface area contributed by atoms with Crippen LogP contribution in [0.5, 0.6) is 0 Å². The molecule has 15 heavy (non-hydrogen) atoms. The van der Waals surface area contributed by atoms with E-state index >= 15 is 0 Å². The van der Waals surface area contributed by atoms with Crippen LogP contribution in [0, 0.1) is 6.92 Å². The Morgan fingerprint density at radius 3 is 2.93 bits per heavy atom. The van der Waals surface area contributed by atoms with E-state index in [0.29, 0.717) is 4.83 Å². The number of alkyl halides is 1. The molecule has 0 fully saturated rings. The first-order valence-electron chi connectivity index (χ1n) is 5.49. The van der Waals surface area contributed by atoms with E-state index in [0.717, 1.165) is 24.5 Å². The van der Waals surface area contributed by atoms with Gasteiger partial charge < -0.3 is 5.32 Å². The van der Waals surface area contributed by atoms with E-state index in [1.54, 1.807) is 0 Å². The molecule has 2 nitrogen and oxygen atoms in total. The maximum absolute atomic E-state index is 4.44. The molecule has 1 rings (SSSR count). The molecular formula is C12H19BrN2. The fourth-order valence-corrected chi connectivity index (χ4v) is 1.61. The molecule has 0 saturated carbocycles. The maximum Gasteiger partial charge on any atom is 0.0544 e. The molecule has 0 radical (unpaired) electrons. The van der Waals surface area contributed by atoms with Crippen LogP contribution in [-0.4, -0.2) is 16.4 Å². The fraction of sp³-hybridized carbons (Fsp3) is 0.583. The van der Waals surface area contributed by atoms with Crippen molar-refractivity contribution in [2.24, 2.45) is 0 Å². The van der Waals surface area contributed by atoms with Gasteiger partial charge in [-0.15, -0.1) is 0 Å². The van der Waals surface area contributed by atoms with Crippen LogP contribution in [0.1, 0.15) is 31.2 Å². The zero-order valence-electron chi connectivity index (χ0n) is 9.46. The van der Waals surface area contributed by atoms with Crippen LogP contribution >= 0.6 is 15.9 Å². The van der Waals surface area contributed by atoms with Crippen LogP contribution in [0.25, 0.3) is 0 Å². The predicted molar refractivity (Wildman–Crippen MR) is 68.3 cm³/mol. The lowest BCUT2D eigenvalue weighted by atomic mass is 10.2. The maximum atomic E-state index is 4.44. The van der Waals surface area contributed by atoms with Crippen LogP contribution in [-0.2, 0) is 6.54 Å². The quantitative estimate of drug-likeness (QED) is 0.635. The Labute approximate surface area is 101 Å². The summed E-state index contributed by atoms with van der Waals surface area (Å²) in [6, 6.07) is 6.14. The van der Waals surface area contributed by atoms with Crippen LogP contribution in [0.4, 0.5) is 0 Å². The Balaban J connectivity index is 2.20. The molecule has 1 N–H and O–H groups in total. The number of nitrogens with one attached hydrogen (secondary N) is 1. The van der Waals surface area contributed by atoms with Crippen LogP contribution in [0.2, 0.25) is 0 Å². The molecule has 1 aromatic heterocycles. The summed E-state index contributed by atoms with van der Waals surface area (Å²) in [6.45, 7) is 6.13. The van der Waals surface area contributed by atoms with E-state index in [1.165, 1.54) is 12.8 Å². The fourth-order valence-electron chi connectivity index (χ4n) is 1.38. The van der Waals surface area contributed by atoms with Gasteiger partial charge in [0.2, 0.25) is 0 Å². The molecule has 0 aliphatic heterocycles. The topological polar surface area (TPSA) is 24.9 Å². The summed E-state index contributed by atoms with van der Waals surface area (Å²) >= 11 is 3.62. The average molecular weight is 271 g/mol. The second-order valence-corrected chi connectivity index (χ2v) is 5.04. The van der Waals surface area contributed by atoms with Crippen molar-refractivity contribution in [3.63, 3.8) is 0 Å². The van der Waals surface area contributed by atoms with Gasteiger partial charge in [0.25, 0.3) is 0 Å². The molecule has 0 saturated heterocycles. The molecule has 84 valence electrons.